The van der Waals surface area contributed by atoms with Crippen LogP contribution in [0.15, 0.2) is 41.2 Å². The molecular formula is C25H29FN3O6PS. The van der Waals surface area contributed by atoms with E-state index < -0.39 is 46.3 Å². The van der Waals surface area contributed by atoms with E-state index in [1.54, 1.807) is 6.92 Å². The number of Topliss-reactive ketones (excluding diaryl/α,β-unsaturated/α-hetero) is 2. The Labute approximate surface area is 215 Å². The highest BCUT2D eigenvalue weighted by Crippen LogP contribution is 2.49. The van der Waals surface area contributed by atoms with Crippen molar-refractivity contribution in [2.45, 2.75) is 46.0 Å². The van der Waals surface area contributed by atoms with Crippen LogP contribution in [-0.4, -0.2) is 37.0 Å². The quantitative estimate of drug-likeness (QED) is 0.378. The van der Waals surface area contributed by atoms with Crippen molar-refractivity contribution in [2.24, 2.45) is 16.1 Å². The van der Waals surface area contributed by atoms with Gasteiger partial charge in [0, 0.05) is 11.3 Å². The van der Waals surface area contributed by atoms with E-state index in [1.165, 1.54) is 30.3 Å². The normalized spacial score (nSPS) is 25.6. The first kappa shape index (κ1) is 27.2. The highest BCUT2D eigenvalue weighted by atomic mass is 32.2. The fourth-order valence-corrected chi connectivity index (χ4v) is 6.58. The third-order valence-corrected chi connectivity index (χ3v) is 8.77. The molecule has 12 heteroatoms. The summed E-state index contributed by atoms with van der Waals surface area (Å²) >= 11 is 0. The fraction of sp³-hybridized carbons (Fsp3) is 0.400. The molecule has 2 aromatic rings. The molecule has 3 unspecified atom stereocenters. The molecule has 3 N–H and O–H groups in total. The van der Waals surface area contributed by atoms with Gasteiger partial charge in [-0.3, -0.25) is 18.9 Å². The summed E-state index contributed by atoms with van der Waals surface area (Å²) in [5.74, 6) is -3.68. The van der Waals surface area contributed by atoms with Gasteiger partial charge in [-0.15, -0.1) is 0 Å². The van der Waals surface area contributed by atoms with Gasteiger partial charge in [-0.1, -0.05) is 26.8 Å². The minimum Gasteiger partial charge on any atom is -0.342 e. The van der Waals surface area contributed by atoms with Crippen LogP contribution in [0.1, 0.15) is 56.5 Å². The van der Waals surface area contributed by atoms with Crippen molar-refractivity contribution in [3.8, 4) is 0 Å². The molecular weight excluding hydrogens is 520 g/mol. The summed E-state index contributed by atoms with van der Waals surface area (Å²) < 4.78 is 56.7. The zero-order valence-corrected chi connectivity index (χ0v) is 22.8. The molecule has 2 aliphatic rings. The predicted octanol–water partition coefficient (Wildman–Crippen LogP) is 4.00. The lowest BCUT2D eigenvalue weighted by atomic mass is 9.62. The van der Waals surface area contributed by atoms with Crippen LogP contribution in [0.2, 0.25) is 0 Å². The lowest BCUT2D eigenvalue weighted by molar-refractivity contribution is -0.125. The van der Waals surface area contributed by atoms with E-state index in [-0.39, 0.29) is 33.5 Å². The van der Waals surface area contributed by atoms with Gasteiger partial charge in [0.2, 0.25) is 10.0 Å². The first-order chi connectivity index (χ1) is 16.9. The van der Waals surface area contributed by atoms with Gasteiger partial charge in [-0.05, 0) is 61.1 Å². The molecule has 3 atom stereocenters. The Morgan fingerprint density at radius 3 is 2.49 bits per heavy atom. The van der Waals surface area contributed by atoms with Crippen molar-refractivity contribution in [1.82, 2.24) is 0 Å². The third-order valence-electron chi connectivity index (χ3n) is 6.68. The SMILES string of the molecule is CC(C)(C)CCC1(C)C(=O)C(C2=NP(=O)(O)c3cc(NS(C)(=O)=O)ccc3N2)C(=O)c2cc(F)ccc21. The van der Waals surface area contributed by atoms with E-state index in [1.807, 2.05) is 20.8 Å². The van der Waals surface area contributed by atoms with Crippen molar-refractivity contribution in [2.75, 3.05) is 16.3 Å². The van der Waals surface area contributed by atoms with E-state index in [2.05, 4.69) is 14.8 Å². The van der Waals surface area contributed by atoms with Crippen LogP contribution >= 0.6 is 7.52 Å². The molecule has 198 valence electrons. The summed E-state index contributed by atoms with van der Waals surface area (Å²) in [6.45, 7) is 7.78. The molecule has 1 aliphatic carbocycles. The summed E-state index contributed by atoms with van der Waals surface area (Å²) in [5.41, 5.74) is -0.667. The van der Waals surface area contributed by atoms with Crippen LogP contribution in [-0.2, 0) is 24.8 Å². The summed E-state index contributed by atoms with van der Waals surface area (Å²) in [4.78, 5) is 38.3. The Morgan fingerprint density at radius 2 is 1.86 bits per heavy atom. The van der Waals surface area contributed by atoms with Gasteiger partial charge in [0.1, 0.15) is 17.6 Å². The summed E-state index contributed by atoms with van der Waals surface area (Å²) in [6.07, 6.45) is 1.94. The van der Waals surface area contributed by atoms with Crippen LogP contribution in [0.5, 0.6) is 0 Å². The van der Waals surface area contributed by atoms with Crippen molar-refractivity contribution in [3.63, 3.8) is 0 Å². The number of rotatable bonds is 5. The molecule has 0 aromatic heterocycles. The Balaban J connectivity index is 1.81. The molecule has 1 aliphatic heterocycles. The molecule has 0 saturated heterocycles. The second-order valence-corrected chi connectivity index (χ2v) is 14.5. The number of halogens is 1. The molecule has 2 aromatic carbocycles. The van der Waals surface area contributed by atoms with Crippen molar-refractivity contribution in [1.29, 1.82) is 0 Å². The molecule has 9 nitrogen and oxygen atoms in total. The third kappa shape index (κ3) is 5.26. The Kier molecular flexibility index (Phi) is 6.50. The van der Waals surface area contributed by atoms with Gasteiger partial charge in [-0.2, -0.15) is 4.76 Å². The maximum Gasteiger partial charge on any atom is 0.345 e. The molecule has 37 heavy (non-hydrogen) atoms. The minimum absolute atomic E-state index is 0.0387. The standard InChI is InChI=1S/C25H29FN3O6PS/c1-24(2,3)10-11-25(4)17-8-6-14(26)12-16(17)21(30)20(22(25)31)23-27-18-9-7-15(29-37(5,34)35)13-19(18)36(32,33)28-23/h6-9,12-13,20,29H,10-11H2,1-5H3,(H2,27,28,32,33). The fourth-order valence-electron chi connectivity index (χ4n) is 4.71. The number of carbonyl (C=O) groups excluding carboxylic acids is 2. The molecule has 0 fully saturated rings. The average molecular weight is 550 g/mol. The topological polar surface area (TPSA) is 142 Å². The second kappa shape index (κ2) is 8.85. The van der Waals surface area contributed by atoms with E-state index in [0.717, 1.165) is 12.3 Å². The maximum atomic E-state index is 14.2. The molecule has 0 radical (unpaired) electrons. The number of sulfonamides is 1. The molecule has 4 rings (SSSR count). The summed E-state index contributed by atoms with van der Waals surface area (Å²) in [5, 5.41) is 2.66. The number of ketones is 2. The highest BCUT2D eigenvalue weighted by molar-refractivity contribution is 7.92. The van der Waals surface area contributed by atoms with Crippen LogP contribution < -0.4 is 15.3 Å². The van der Waals surface area contributed by atoms with Crippen LogP contribution in [0.3, 0.4) is 0 Å². The lowest BCUT2D eigenvalue weighted by Gasteiger charge is -2.40. The van der Waals surface area contributed by atoms with Gasteiger partial charge in [0.05, 0.1) is 22.7 Å². The largest absolute Gasteiger partial charge is 0.345 e. The van der Waals surface area contributed by atoms with Crippen LogP contribution in [0.25, 0.3) is 0 Å². The smallest absolute Gasteiger partial charge is 0.342 e. The second-order valence-electron chi connectivity index (χ2n) is 11.0. The van der Waals surface area contributed by atoms with E-state index >= 15 is 0 Å². The van der Waals surface area contributed by atoms with Gasteiger partial charge < -0.3 is 10.2 Å². The molecule has 0 bridgehead atoms. The number of hydrogen-bond donors (Lipinski definition) is 3. The minimum atomic E-state index is -4.51. The monoisotopic (exact) mass is 549 g/mol. The highest BCUT2D eigenvalue weighted by Gasteiger charge is 2.52. The average Bonchev–Trinajstić information content (AvgIpc) is 2.75. The predicted molar refractivity (Wildman–Crippen MR) is 141 cm³/mol. The van der Waals surface area contributed by atoms with E-state index in [4.69, 9.17) is 0 Å². The van der Waals surface area contributed by atoms with Gasteiger partial charge in [0.25, 0.3) is 0 Å². The number of benzene rings is 2. The summed E-state index contributed by atoms with van der Waals surface area (Å²) in [6, 6.07) is 7.67. The first-order valence-corrected chi connectivity index (χ1v) is 15.1. The number of fused-ring (bicyclic) bond motifs is 2. The Bertz CT molecular complexity index is 1510. The van der Waals surface area contributed by atoms with Gasteiger partial charge in [0.15, 0.2) is 11.6 Å². The van der Waals surface area contributed by atoms with Crippen molar-refractivity contribution >= 4 is 51.6 Å². The first-order valence-electron chi connectivity index (χ1n) is 11.6. The number of carbonyl (C=O) groups is 2. The maximum absolute atomic E-state index is 14.2. The lowest BCUT2D eigenvalue weighted by Crippen LogP contribution is -2.51. The zero-order chi connectivity index (χ0) is 27.6. The molecule has 1 heterocycles. The molecule has 0 spiro atoms. The van der Waals surface area contributed by atoms with Crippen molar-refractivity contribution in [3.05, 3.63) is 53.3 Å². The Morgan fingerprint density at radius 1 is 1.19 bits per heavy atom. The molecule has 0 amide bonds. The number of hydrogen-bond acceptors (Lipinski definition) is 6. The van der Waals surface area contributed by atoms with Gasteiger partial charge >= 0.3 is 7.52 Å². The number of nitrogens with zero attached hydrogens (tertiary/aromatic N) is 1. The van der Waals surface area contributed by atoms with E-state index in [9.17, 15) is 31.9 Å². The summed E-state index contributed by atoms with van der Waals surface area (Å²) in [7, 11) is -8.15. The van der Waals surface area contributed by atoms with E-state index in [0.29, 0.717) is 18.4 Å². The Hall–Kier alpha value is -2.88. The van der Waals surface area contributed by atoms with Gasteiger partial charge in [-0.25, -0.2) is 12.8 Å². The van der Waals surface area contributed by atoms with Crippen LogP contribution in [0, 0.1) is 17.2 Å². The van der Waals surface area contributed by atoms with Crippen molar-refractivity contribution < 1.29 is 31.9 Å². The molecule has 0 saturated carbocycles. The number of nitrogens with one attached hydrogen (secondary N) is 2. The number of amidine groups is 1. The van der Waals surface area contributed by atoms with Crippen LogP contribution in [0.4, 0.5) is 15.8 Å². The zero-order valence-electron chi connectivity index (χ0n) is 21.1. The number of anilines is 2.